The number of hydrogen-bond donors (Lipinski definition) is 2. The fourth-order valence-electron chi connectivity index (χ4n) is 1.85. The molecule has 3 heteroatoms. The van der Waals surface area contributed by atoms with Gasteiger partial charge in [-0.2, -0.15) is 0 Å². The molecule has 0 bridgehead atoms. The Kier molecular flexibility index (Phi) is 8.83. The van der Waals surface area contributed by atoms with Crippen molar-refractivity contribution in [1.82, 2.24) is 10.2 Å². The summed E-state index contributed by atoms with van der Waals surface area (Å²) in [7, 11) is 1.93. The van der Waals surface area contributed by atoms with Gasteiger partial charge in [0.2, 0.25) is 0 Å². The average molecular weight is 258 g/mol. The van der Waals surface area contributed by atoms with Crippen molar-refractivity contribution >= 4 is 0 Å². The standard InChI is InChI=1S/C15H34N2O/c1-13(2)7-9-17(10-8-14(3)4)11-15(5,12-18)16-6/h13-14,16,18H,7-12H2,1-6H3. The molecule has 0 aliphatic carbocycles. The van der Waals surface area contributed by atoms with E-state index in [2.05, 4.69) is 44.8 Å². The fraction of sp³-hybridized carbons (Fsp3) is 1.00. The first-order chi connectivity index (χ1) is 8.33. The van der Waals surface area contributed by atoms with Gasteiger partial charge >= 0.3 is 0 Å². The molecule has 2 N–H and O–H groups in total. The largest absolute Gasteiger partial charge is 0.394 e. The highest BCUT2D eigenvalue weighted by atomic mass is 16.3. The van der Waals surface area contributed by atoms with E-state index >= 15 is 0 Å². The molecule has 0 fully saturated rings. The quantitative estimate of drug-likeness (QED) is 0.631. The summed E-state index contributed by atoms with van der Waals surface area (Å²) in [4.78, 5) is 2.49. The number of nitrogens with one attached hydrogen (secondary N) is 1. The number of aliphatic hydroxyl groups is 1. The zero-order valence-corrected chi connectivity index (χ0v) is 13.3. The normalized spacial score (nSPS) is 15.7. The van der Waals surface area contributed by atoms with Gasteiger partial charge in [-0.1, -0.05) is 27.7 Å². The summed E-state index contributed by atoms with van der Waals surface area (Å²) in [6.07, 6.45) is 2.45. The van der Waals surface area contributed by atoms with Crippen LogP contribution in [0, 0.1) is 11.8 Å². The van der Waals surface area contributed by atoms with Gasteiger partial charge in [-0.3, -0.25) is 0 Å². The second-order valence-electron chi connectivity index (χ2n) is 6.61. The summed E-state index contributed by atoms with van der Waals surface area (Å²) in [6.45, 7) is 14.5. The van der Waals surface area contributed by atoms with E-state index < -0.39 is 0 Å². The van der Waals surface area contributed by atoms with Crippen molar-refractivity contribution in [1.29, 1.82) is 0 Å². The molecule has 0 heterocycles. The van der Waals surface area contributed by atoms with Crippen LogP contribution >= 0.6 is 0 Å². The Morgan fingerprint density at radius 3 is 1.78 bits per heavy atom. The summed E-state index contributed by atoms with van der Waals surface area (Å²) in [5.74, 6) is 1.48. The summed E-state index contributed by atoms with van der Waals surface area (Å²) >= 11 is 0. The Hall–Kier alpha value is -0.120. The Balaban J connectivity index is 4.35. The van der Waals surface area contributed by atoms with Crippen LogP contribution in [0.1, 0.15) is 47.5 Å². The first-order valence-electron chi connectivity index (χ1n) is 7.35. The molecular weight excluding hydrogens is 224 g/mol. The third-order valence-electron chi connectivity index (χ3n) is 3.57. The van der Waals surface area contributed by atoms with E-state index in [0.717, 1.165) is 31.5 Å². The SMILES string of the molecule is CNC(C)(CO)CN(CCC(C)C)CCC(C)C. The van der Waals surface area contributed by atoms with Crippen LogP contribution in [0.4, 0.5) is 0 Å². The molecule has 0 radical (unpaired) electrons. The van der Waals surface area contributed by atoms with Gasteiger partial charge in [-0.25, -0.2) is 0 Å². The van der Waals surface area contributed by atoms with Crippen molar-refractivity contribution in [3.8, 4) is 0 Å². The third kappa shape index (κ3) is 8.06. The van der Waals surface area contributed by atoms with E-state index in [9.17, 15) is 5.11 Å². The highest BCUT2D eigenvalue weighted by molar-refractivity contribution is 4.84. The van der Waals surface area contributed by atoms with Crippen molar-refractivity contribution in [2.24, 2.45) is 11.8 Å². The fourth-order valence-corrected chi connectivity index (χ4v) is 1.85. The van der Waals surface area contributed by atoms with Gasteiger partial charge in [0, 0.05) is 6.54 Å². The Morgan fingerprint density at radius 2 is 1.50 bits per heavy atom. The second kappa shape index (κ2) is 8.89. The van der Waals surface area contributed by atoms with Gasteiger partial charge in [-0.05, 0) is 51.7 Å². The molecule has 0 aliphatic heterocycles. The number of aliphatic hydroxyl groups excluding tert-OH is 1. The molecular formula is C15H34N2O. The Labute approximate surface area is 114 Å². The lowest BCUT2D eigenvalue weighted by atomic mass is 10.0. The maximum absolute atomic E-state index is 9.50. The lowest BCUT2D eigenvalue weighted by Gasteiger charge is -2.34. The van der Waals surface area contributed by atoms with Crippen LogP contribution in [0.5, 0.6) is 0 Å². The topological polar surface area (TPSA) is 35.5 Å². The Bertz CT molecular complexity index is 189. The molecule has 0 aromatic heterocycles. The van der Waals surface area contributed by atoms with Gasteiger partial charge in [-0.15, -0.1) is 0 Å². The maximum Gasteiger partial charge on any atom is 0.0623 e. The molecule has 3 nitrogen and oxygen atoms in total. The van der Waals surface area contributed by atoms with E-state index in [1.54, 1.807) is 0 Å². The number of likely N-dealkylation sites (N-methyl/N-ethyl adjacent to an activating group) is 1. The maximum atomic E-state index is 9.50. The third-order valence-corrected chi connectivity index (χ3v) is 3.57. The van der Waals surface area contributed by atoms with E-state index in [1.807, 2.05) is 7.05 Å². The minimum atomic E-state index is -0.187. The van der Waals surface area contributed by atoms with Crippen molar-refractivity contribution in [2.45, 2.75) is 53.0 Å². The molecule has 0 spiro atoms. The summed E-state index contributed by atoms with van der Waals surface area (Å²) in [5.41, 5.74) is -0.187. The first kappa shape index (κ1) is 17.9. The average Bonchev–Trinajstić information content (AvgIpc) is 2.32. The molecule has 1 unspecified atom stereocenters. The van der Waals surface area contributed by atoms with Gasteiger partial charge in [0.05, 0.1) is 12.1 Å². The summed E-state index contributed by atoms with van der Waals surface area (Å²) in [6, 6.07) is 0. The van der Waals surface area contributed by atoms with Crippen LogP contribution in [-0.2, 0) is 0 Å². The summed E-state index contributed by atoms with van der Waals surface area (Å²) < 4.78 is 0. The van der Waals surface area contributed by atoms with E-state index in [1.165, 1.54) is 12.8 Å². The molecule has 0 saturated heterocycles. The molecule has 0 aromatic carbocycles. The van der Waals surface area contributed by atoms with E-state index in [0.29, 0.717) is 0 Å². The molecule has 0 aliphatic rings. The first-order valence-corrected chi connectivity index (χ1v) is 7.35. The lowest BCUT2D eigenvalue weighted by molar-refractivity contribution is 0.119. The minimum absolute atomic E-state index is 0.184. The van der Waals surface area contributed by atoms with Crippen molar-refractivity contribution < 1.29 is 5.11 Å². The predicted octanol–water partition coefficient (Wildman–Crippen LogP) is 2.35. The number of hydrogen-bond acceptors (Lipinski definition) is 3. The molecule has 0 amide bonds. The van der Waals surface area contributed by atoms with E-state index in [-0.39, 0.29) is 12.1 Å². The van der Waals surface area contributed by atoms with Gasteiger partial charge in [0.1, 0.15) is 0 Å². The van der Waals surface area contributed by atoms with Crippen molar-refractivity contribution in [2.75, 3.05) is 33.3 Å². The zero-order valence-electron chi connectivity index (χ0n) is 13.3. The van der Waals surface area contributed by atoms with Crippen LogP contribution < -0.4 is 5.32 Å². The van der Waals surface area contributed by atoms with E-state index in [4.69, 9.17) is 0 Å². The van der Waals surface area contributed by atoms with Crippen molar-refractivity contribution in [3.63, 3.8) is 0 Å². The van der Waals surface area contributed by atoms with Crippen LogP contribution in [-0.4, -0.2) is 48.8 Å². The number of nitrogens with zero attached hydrogens (tertiary/aromatic N) is 1. The number of rotatable bonds is 10. The molecule has 0 saturated carbocycles. The minimum Gasteiger partial charge on any atom is -0.394 e. The van der Waals surface area contributed by atoms with Gasteiger partial charge in [0.15, 0.2) is 0 Å². The molecule has 0 aromatic rings. The lowest BCUT2D eigenvalue weighted by Crippen LogP contribution is -2.53. The smallest absolute Gasteiger partial charge is 0.0623 e. The highest BCUT2D eigenvalue weighted by Gasteiger charge is 2.24. The van der Waals surface area contributed by atoms with Crippen LogP contribution in [0.25, 0.3) is 0 Å². The molecule has 18 heavy (non-hydrogen) atoms. The highest BCUT2D eigenvalue weighted by Crippen LogP contribution is 2.11. The molecule has 110 valence electrons. The van der Waals surface area contributed by atoms with Crippen molar-refractivity contribution in [3.05, 3.63) is 0 Å². The monoisotopic (exact) mass is 258 g/mol. The van der Waals surface area contributed by atoms with Crippen LogP contribution in [0.2, 0.25) is 0 Å². The van der Waals surface area contributed by atoms with Gasteiger partial charge in [0.25, 0.3) is 0 Å². The van der Waals surface area contributed by atoms with Crippen LogP contribution in [0.3, 0.4) is 0 Å². The summed E-state index contributed by atoms with van der Waals surface area (Å²) in [5, 5.41) is 12.7. The van der Waals surface area contributed by atoms with Crippen LogP contribution in [0.15, 0.2) is 0 Å². The predicted molar refractivity (Wildman–Crippen MR) is 79.9 cm³/mol. The molecule has 0 rings (SSSR count). The second-order valence-corrected chi connectivity index (χ2v) is 6.61. The molecule has 1 atom stereocenters. The Morgan fingerprint density at radius 1 is 1.06 bits per heavy atom. The zero-order chi connectivity index (χ0) is 14.2. The van der Waals surface area contributed by atoms with Gasteiger partial charge < -0.3 is 15.3 Å².